The molecule has 162 valence electrons. The molecule has 0 atom stereocenters. The summed E-state index contributed by atoms with van der Waals surface area (Å²) in [6.07, 6.45) is -4.38. The van der Waals surface area contributed by atoms with Crippen molar-refractivity contribution in [2.24, 2.45) is 0 Å². The number of halogens is 3. The largest absolute Gasteiger partial charge is 0.416 e. The number of morpholine rings is 1. The molecule has 3 rings (SSSR count). The number of alkyl halides is 3. The molecule has 1 aromatic heterocycles. The lowest BCUT2D eigenvalue weighted by Crippen LogP contribution is -2.37. The van der Waals surface area contributed by atoms with Crippen LogP contribution >= 0.6 is 0 Å². The number of aromatic nitrogens is 1. The van der Waals surface area contributed by atoms with E-state index in [0.717, 1.165) is 36.6 Å². The summed E-state index contributed by atoms with van der Waals surface area (Å²) < 4.78 is 43.5. The number of hydrogen-bond donors (Lipinski definition) is 1. The molecule has 1 amide bonds. The second-order valence-electron chi connectivity index (χ2n) is 7.37. The maximum Gasteiger partial charge on any atom is 0.416 e. The highest BCUT2D eigenvalue weighted by atomic mass is 19.4. The van der Waals surface area contributed by atoms with Gasteiger partial charge in [-0.25, -0.2) is 4.98 Å². The van der Waals surface area contributed by atoms with Crippen LogP contribution in [0.25, 0.3) is 0 Å². The number of hydrogen-bond acceptors (Lipinski definition) is 5. The molecule has 1 aromatic carbocycles. The molecule has 9 heteroatoms. The molecule has 1 saturated heterocycles. The van der Waals surface area contributed by atoms with Crippen LogP contribution in [0.1, 0.15) is 27.0 Å². The van der Waals surface area contributed by atoms with Gasteiger partial charge in [0, 0.05) is 33.7 Å². The Morgan fingerprint density at radius 2 is 1.83 bits per heavy atom. The lowest BCUT2D eigenvalue weighted by Gasteiger charge is -2.29. The van der Waals surface area contributed by atoms with Crippen LogP contribution in [0.15, 0.2) is 30.3 Å². The normalized spacial score (nSPS) is 14.5. The first-order valence-corrected chi connectivity index (χ1v) is 9.63. The average Bonchev–Trinajstić information content (AvgIpc) is 2.71. The standard InChI is InChI=1S/C21H25F3N4O2/c1-14-12-17(28-8-10-30-11-9-28)26-19(27(2)3)18(14)20(29)25-13-15-4-6-16(7-5-15)21(22,23)24/h4-7,12H,8-11,13H2,1-3H3,(H,25,29). The van der Waals surface area contributed by atoms with Crippen molar-refractivity contribution in [3.8, 4) is 0 Å². The van der Waals surface area contributed by atoms with Crippen molar-refractivity contribution in [1.29, 1.82) is 0 Å². The van der Waals surface area contributed by atoms with Crippen LogP contribution in [0.4, 0.5) is 24.8 Å². The predicted molar refractivity (Wildman–Crippen MR) is 109 cm³/mol. The van der Waals surface area contributed by atoms with Gasteiger partial charge in [0.25, 0.3) is 5.91 Å². The van der Waals surface area contributed by atoms with Crippen LogP contribution < -0.4 is 15.1 Å². The van der Waals surface area contributed by atoms with Crippen molar-refractivity contribution in [3.05, 3.63) is 52.6 Å². The van der Waals surface area contributed by atoms with Crippen LogP contribution in [0.5, 0.6) is 0 Å². The fraction of sp³-hybridized carbons (Fsp3) is 0.429. The second-order valence-corrected chi connectivity index (χ2v) is 7.37. The van der Waals surface area contributed by atoms with Gasteiger partial charge in [0.2, 0.25) is 0 Å². The molecular formula is C21H25F3N4O2. The van der Waals surface area contributed by atoms with Gasteiger partial charge in [-0.1, -0.05) is 12.1 Å². The van der Waals surface area contributed by atoms with E-state index in [1.165, 1.54) is 12.1 Å². The smallest absolute Gasteiger partial charge is 0.378 e. The lowest BCUT2D eigenvalue weighted by atomic mass is 10.1. The lowest BCUT2D eigenvalue weighted by molar-refractivity contribution is -0.137. The van der Waals surface area contributed by atoms with Crippen molar-refractivity contribution in [1.82, 2.24) is 10.3 Å². The van der Waals surface area contributed by atoms with Gasteiger partial charge >= 0.3 is 6.18 Å². The quantitative estimate of drug-likeness (QED) is 0.802. The molecular weight excluding hydrogens is 397 g/mol. The fourth-order valence-electron chi connectivity index (χ4n) is 3.28. The maximum atomic E-state index is 12.9. The molecule has 0 saturated carbocycles. The van der Waals surface area contributed by atoms with Crippen LogP contribution in [-0.2, 0) is 17.5 Å². The molecule has 1 aliphatic rings. The Morgan fingerprint density at radius 3 is 2.40 bits per heavy atom. The van der Waals surface area contributed by atoms with Gasteiger partial charge < -0.3 is 19.9 Å². The molecule has 1 fully saturated rings. The van der Waals surface area contributed by atoms with E-state index in [0.29, 0.717) is 30.2 Å². The maximum absolute atomic E-state index is 12.9. The number of ether oxygens (including phenoxy) is 1. The molecule has 1 aliphatic heterocycles. The van der Waals surface area contributed by atoms with E-state index >= 15 is 0 Å². The Bertz CT molecular complexity index is 892. The second kappa shape index (κ2) is 8.91. The zero-order valence-electron chi connectivity index (χ0n) is 17.2. The number of benzene rings is 1. The highest BCUT2D eigenvalue weighted by molar-refractivity contribution is 6.00. The summed E-state index contributed by atoms with van der Waals surface area (Å²) >= 11 is 0. The fourth-order valence-corrected chi connectivity index (χ4v) is 3.28. The van der Waals surface area contributed by atoms with Gasteiger partial charge in [0.05, 0.1) is 24.3 Å². The minimum Gasteiger partial charge on any atom is -0.378 e. The Kier molecular flexibility index (Phi) is 6.50. The van der Waals surface area contributed by atoms with E-state index in [1.807, 2.05) is 27.1 Å². The number of nitrogens with zero attached hydrogens (tertiary/aromatic N) is 3. The first-order valence-electron chi connectivity index (χ1n) is 9.63. The number of pyridine rings is 1. The minimum atomic E-state index is -4.38. The number of nitrogens with one attached hydrogen (secondary N) is 1. The number of aryl methyl sites for hydroxylation is 1. The van der Waals surface area contributed by atoms with E-state index in [-0.39, 0.29) is 12.5 Å². The predicted octanol–water partition coefficient (Wildman–Crippen LogP) is 3.24. The summed E-state index contributed by atoms with van der Waals surface area (Å²) in [4.78, 5) is 21.5. The molecule has 30 heavy (non-hydrogen) atoms. The number of amides is 1. The molecule has 0 spiro atoms. The van der Waals surface area contributed by atoms with Crippen LogP contribution in [0.2, 0.25) is 0 Å². The topological polar surface area (TPSA) is 57.7 Å². The number of rotatable bonds is 5. The van der Waals surface area contributed by atoms with Crippen molar-refractivity contribution < 1.29 is 22.7 Å². The molecule has 0 unspecified atom stereocenters. The summed E-state index contributed by atoms with van der Waals surface area (Å²) in [5.41, 5.74) is 1.09. The van der Waals surface area contributed by atoms with Gasteiger partial charge in [0.15, 0.2) is 0 Å². The van der Waals surface area contributed by atoms with Crippen LogP contribution in [0, 0.1) is 6.92 Å². The average molecular weight is 422 g/mol. The molecule has 2 heterocycles. The number of carbonyl (C=O) groups excluding carboxylic acids is 1. The van der Waals surface area contributed by atoms with Gasteiger partial charge in [-0.2, -0.15) is 13.2 Å². The third kappa shape index (κ3) is 5.02. The first-order chi connectivity index (χ1) is 14.2. The Balaban J connectivity index is 1.77. The number of carbonyl (C=O) groups is 1. The minimum absolute atomic E-state index is 0.120. The third-order valence-corrected chi connectivity index (χ3v) is 4.90. The molecule has 2 aromatic rings. The molecule has 0 bridgehead atoms. The van der Waals surface area contributed by atoms with Crippen molar-refractivity contribution in [2.45, 2.75) is 19.6 Å². The summed E-state index contributed by atoms with van der Waals surface area (Å²) in [5.74, 6) is 1.01. The van der Waals surface area contributed by atoms with Crippen LogP contribution in [-0.4, -0.2) is 51.3 Å². The Morgan fingerprint density at radius 1 is 1.20 bits per heavy atom. The highest BCUT2D eigenvalue weighted by Gasteiger charge is 2.30. The summed E-state index contributed by atoms with van der Waals surface area (Å²) in [6, 6.07) is 6.63. The highest BCUT2D eigenvalue weighted by Crippen LogP contribution is 2.29. The van der Waals surface area contributed by atoms with E-state index in [1.54, 1.807) is 4.90 Å². The van der Waals surface area contributed by atoms with Crippen molar-refractivity contribution >= 4 is 17.5 Å². The summed E-state index contributed by atoms with van der Waals surface area (Å²) in [6.45, 7) is 4.71. The summed E-state index contributed by atoms with van der Waals surface area (Å²) in [5, 5.41) is 2.79. The van der Waals surface area contributed by atoms with Crippen LogP contribution in [0.3, 0.4) is 0 Å². The zero-order chi connectivity index (χ0) is 21.9. The van der Waals surface area contributed by atoms with Crippen molar-refractivity contribution in [3.63, 3.8) is 0 Å². The van der Waals surface area contributed by atoms with Gasteiger partial charge in [-0.15, -0.1) is 0 Å². The zero-order valence-corrected chi connectivity index (χ0v) is 17.2. The first kappa shape index (κ1) is 21.9. The van der Waals surface area contributed by atoms with Gasteiger partial charge in [0.1, 0.15) is 11.6 Å². The van der Waals surface area contributed by atoms with E-state index < -0.39 is 11.7 Å². The Labute approximate surface area is 173 Å². The van der Waals surface area contributed by atoms with E-state index in [4.69, 9.17) is 4.74 Å². The van der Waals surface area contributed by atoms with Gasteiger partial charge in [-0.3, -0.25) is 4.79 Å². The third-order valence-electron chi connectivity index (χ3n) is 4.90. The monoisotopic (exact) mass is 422 g/mol. The van der Waals surface area contributed by atoms with E-state index in [2.05, 4.69) is 15.2 Å². The number of anilines is 2. The van der Waals surface area contributed by atoms with E-state index in [9.17, 15) is 18.0 Å². The molecule has 0 aliphatic carbocycles. The molecule has 0 radical (unpaired) electrons. The SMILES string of the molecule is Cc1cc(N2CCOCC2)nc(N(C)C)c1C(=O)NCc1ccc(C(F)(F)F)cc1. The van der Waals surface area contributed by atoms with Gasteiger partial charge in [-0.05, 0) is 36.2 Å². The summed E-state index contributed by atoms with van der Waals surface area (Å²) in [7, 11) is 3.63. The van der Waals surface area contributed by atoms with Crippen molar-refractivity contribution in [2.75, 3.05) is 50.2 Å². The molecule has 6 nitrogen and oxygen atoms in total. The Hall–Kier alpha value is -2.81. The molecule has 1 N–H and O–H groups in total.